The van der Waals surface area contributed by atoms with E-state index in [4.69, 9.17) is 0 Å². The maximum absolute atomic E-state index is 9.36. The molecule has 2 aliphatic heterocycles. The number of hydrogen-bond donors (Lipinski definition) is 1. The van der Waals surface area contributed by atoms with Gasteiger partial charge >= 0.3 is 0 Å². The smallest absolute Gasteiger partial charge is 0.0942 e. The van der Waals surface area contributed by atoms with Crippen molar-refractivity contribution in [2.24, 2.45) is 4.99 Å². The second kappa shape index (κ2) is 2.79. The molecule has 0 aliphatic carbocycles. The van der Waals surface area contributed by atoms with Gasteiger partial charge < -0.3 is 0 Å². The highest BCUT2D eigenvalue weighted by molar-refractivity contribution is 5.77. The van der Waals surface area contributed by atoms with Crippen LogP contribution in [0.25, 0.3) is 0 Å². The zero-order chi connectivity index (χ0) is 8.39. The van der Waals surface area contributed by atoms with Gasteiger partial charge in [-0.3, -0.25) is 10.2 Å². The van der Waals surface area contributed by atoms with E-state index in [1.807, 2.05) is 24.3 Å². The highest BCUT2D eigenvalue weighted by Gasteiger charge is 2.08. The first-order valence-electron chi connectivity index (χ1n) is 3.66. The van der Waals surface area contributed by atoms with Gasteiger partial charge in [-0.15, -0.1) is 0 Å². The summed E-state index contributed by atoms with van der Waals surface area (Å²) in [5.41, 5.74) is 1.47. The molecule has 0 bridgehead atoms. The fraction of sp³-hybridized carbons (Fsp3) is 0. The summed E-state index contributed by atoms with van der Waals surface area (Å²) in [6, 6.07) is 0. The van der Waals surface area contributed by atoms with Gasteiger partial charge in [0.15, 0.2) is 0 Å². The first-order valence-corrected chi connectivity index (χ1v) is 3.66. The van der Waals surface area contributed by atoms with Crippen molar-refractivity contribution in [2.45, 2.75) is 0 Å². The van der Waals surface area contributed by atoms with Crippen LogP contribution in [0.15, 0.2) is 53.0 Å². The van der Waals surface area contributed by atoms with E-state index in [1.54, 1.807) is 18.5 Å². The van der Waals surface area contributed by atoms with Crippen LogP contribution in [-0.2, 0) is 0 Å². The van der Waals surface area contributed by atoms with Crippen molar-refractivity contribution < 1.29 is 5.21 Å². The van der Waals surface area contributed by atoms with Crippen molar-refractivity contribution in [3.63, 3.8) is 0 Å². The minimum Gasteiger partial charge on any atom is -0.284 e. The summed E-state index contributed by atoms with van der Waals surface area (Å²) >= 11 is 0. The first kappa shape index (κ1) is 7.06. The van der Waals surface area contributed by atoms with E-state index in [0.717, 1.165) is 10.8 Å². The van der Waals surface area contributed by atoms with E-state index in [-0.39, 0.29) is 0 Å². The Bertz CT molecular complexity index is 320. The fourth-order valence-corrected chi connectivity index (χ4v) is 1.09. The summed E-state index contributed by atoms with van der Waals surface area (Å²) in [6.07, 6.45) is 12.4. The predicted octanol–water partition coefficient (Wildman–Crippen LogP) is 1.61. The van der Waals surface area contributed by atoms with Gasteiger partial charge in [0.05, 0.1) is 11.4 Å². The third-order valence-corrected chi connectivity index (χ3v) is 1.66. The molecule has 2 heterocycles. The van der Waals surface area contributed by atoms with Crippen LogP contribution >= 0.6 is 0 Å². The molecule has 0 aromatic carbocycles. The number of aliphatic imine (C=N–C) groups is 1. The Kier molecular flexibility index (Phi) is 1.64. The molecule has 3 heteroatoms. The fourth-order valence-electron chi connectivity index (χ4n) is 1.09. The van der Waals surface area contributed by atoms with E-state index in [0.29, 0.717) is 5.70 Å². The van der Waals surface area contributed by atoms with Gasteiger partial charge in [0.25, 0.3) is 0 Å². The van der Waals surface area contributed by atoms with Crippen LogP contribution in [0.2, 0.25) is 0 Å². The lowest BCUT2D eigenvalue weighted by atomic mass is 10.2. The number of allylic oxidation sites excluding steroid dienone is 5. The summed E-state index contributed by atoms with van der Waals surface area (Å²) in [5, 5.41) is 10.4. The lowest BCUT2D eigenvalue weighted by Crippen LogP contribution is -2.12. The van der Waals surface area contributed by atoms with E-state index < -0.39 is 0 Å². The highest BCUT2D eigenvalue weighted by Crippen LogP contribution is 2.18. The third-order valence-electron chi connectivity index (χ3n) is 1.66. The summed E-state index contributed by atoms with van der Waals surface area (Å²) in [4.78, 5) is 4.07. The first-order chi connectivity index (χ1) is 5.88. The quantitative estimate of drug-likeness (QED) is 0.584. The molecule has 0 atom stereocenters. The number of nitrogens with zero attached hydrogens (tertiary/aromatic N) is 2. The van der Waals surface area contributed by atoms with Gasteiger partial charge in [-0.25, -0.2) is 5.06 Å². The normalized spacial score (nSPS) is 25.9. The summed E-state index contributed by atoms with van der Waals surface area (Å²) in [6.45, 7) is 0. The lowest BCUT2D eigenvalue weighted by molar-refractivity contribution is -0.00113. The number of rotatable bonds is 0. The SMILES string of the molecule is ON1C=CC=CC1=C1C=CC=N1. The largest absolute Gasteiger partial charge is 0.284 e. The van der Waals surface area contributed by atoms with Crippen LogP contribution in [0.1, 0.15) is 0 Å². The standard InChI is InChI=1S/C9H8N2O/c12-11-7-2-1-5-9(11)8-4-3-6-10-8/h1-7,12H. The molecular formula is C9H8N2O. The van der Waals surface area contributed by atoms with Crippen molar-refractivity contribution >= 4 is 6.21 Å². The molecule has 0 saturated heterocycles. The third kappa shape index (κ3) is 1.10. The predicted molar refractivity (Wildman–Crippen MR) is 46.6 cm³/mol. The van der Waals surface area contributed by atoms with Gasteiger partial charge in [0.1, 0.15) is 0 Å². The Hall–Kier alpha value is -1.61. The summed E-state index contributed by atoms with van der Waals surface area (Å²) < 4.78 is 0. The van der Waals surface area contributed by atoms with Crippen molar-refractivity contribution in [3.8, 4) is 0 Å². The van der Waals surface area contributed by atoms with Crippen molar-refractivity contribution in [1.82, 2.24) is 5.06 Å². The summed E-state index contributed by atoms with van der Waals surface area (Å²) in [5.74, 6) is 0. The van der Waals surface area contributed by atoms with Crippen LogP contribution in [-0.4, -0.2) is 16.5 Å². The minimum absolute atomic E-state index is 0.697. The van der Waals surface area contributed by atoms with E-state index >= 15 is 0 Å². The van der Waals surface area contributed by atoms with Gasteiger partial charge in [-0.2, -0.15) is 0 Å². The monoisotopic (exact) mass is 160 g/mol. The number of hydroxylamine groups is 2. The van der Waals surface area contributed by atoms with Gasteiger partial charge in [-0.1, -0.05) is 6.08 Å². The molecule has 0 saturated carbocycles. The van der Waals surface area contributed by atoms with E-state index in [2.05, 4.69) is 4.99 Å². The van der Waals surface area contributed by atoms with Crippen LogP contribution in [0.3, 0.4) is 0 Å². The van der Waals surface area contributed by atoms with Crippen LogP contribution in [0, 0.1) is 0 Å². The molecule has 0 unspecified atom stereocenters. The molecule has 1 N–H and O–H groups in total. The average Bonchev–Trinajstić information content (AvgIpc) is 2.57. The molecular weight excluding hydrogens is 152 g/mol. The molecule has 0 aromatic heterocycles. The Morgan fingerprint density at radius 1 is 1.17 bits per heavy atom. The zero-order valence-electron chi connectivity index (χ0n) is 6.38. The molecule has 2 rings (SSSR count). The van der Waals surface area contributed by atoms with Crippen molar-refractivity contribution in [3.05, 3.63) is 48.0 Å². The lowest BCUT2D eigenvalue weighted by Gasteiger charge is -2.16. The molecule has 0 radical (unpaired) electrons. The molecule has 0 spiro atoms. The maximum atomic E-state index is 9.36. The maximum Gasteiger partial charge on any atom is 0.0942 e. The Balaban J connectivity index is 2.40. The molecule has 2 aliphatic rings. The Morgan fingerprint density at radius 2 is 2.08 bits per heavy atom. The molecule has 0 fully saturated rings. The second-order valence-corrected chi connectivity index (χ2v) is 2.45. The Morgan fingerprint density at radius 3 is 2.75 bits per heavy atom. The van der Waals surface area contributed by atoms with E-state index in [9.17, 15) is 5.21 Å². The molecule has 0 amide bonds. The van der Waals surface area contributed by atoms with Crippen LogP contribution < -0.4 is 0 Å². The minimum atomic E-state index is 0.697. The molecule has 12 heavy (non-hydrogen) atoms. The number of hydrogen-bond acceptors (Lipinski definition) is 3. The molecule has 0 aromatic rings. The Labute approximate surface area is 70.3 Å². The zero-order valence-corrected chi connectivity index (χ0v) is 6.38. The average molecular weight is 160 g/mol. The van der Waals surface area contributed by atoms with Crippen molar-refractivity contribution in [2.75, 3.05) is 0 Å². The molecule has 3 nitrogen and oxygen atoms in total. The highest BCUT2D eigenvalue weighted by atomic mass is 16.5. The summed E-state index contributed by atoms with van der Waals surface area (Å²) in [7, 11) is 0. The molecule has 60 valence electrons. The topological polar surface area (TPSA) is 35.8 Å². The van der Waals surface area contributed by atoms with E-state index in [1.165, 1.54) is 0 Å². The van der Waals surface area contributed by atoms with Crippen LogP contribution in [0.5, 0.6) is 0 Å². The van der Waals surface area contributed by atoms with Gasteiger partial charge in [0, 0.05) is 12.4 Å². The van der Waals surface area contributed by atoms with Crippen LogP contribution in [0.4, 0.5) is 0 Å². The second-order valence-electron chi connectivity index (χ2n) is 2.45. The van der Waals surface area contributed by atoms with Gasteiger partial charge in [-0.05, 0) is 24.3 Å². The van der Waals surface area contributed by atoms with Crippen molar-refractivity contribution in [1.29, 1.82) is 0 Å². The van der Waals surface area contributed by atoms with Gasteiger partial charge in [0.2, 0.25) is 0 Å².